The van der Waals surface area contributed by atoms with E-state index in [4.69, 9.17) is 32.7 Å². The molecule has 1 amide bonds. The summed E-state index contributed by atoms with van der Waals surface area (Å²) in [6.45, 7) is 0.139. The molecule has 0 fully saturated rings. The van der Waals surface area contributed by atoms with Gasteiger partial charge in [0.1, 0.15) is 17.9 Å². The number of hydrazone groups is 1. The van der Waals surface area contributed by atoms with Crippen LogP contribution in [0.15, 0.2) is 82.5 Å². The number of hydrogen-bond donors (Lipinski definition) is 1. The van der Waals surface area contributed by atoms with Gasteiger partial charge in [-0.25, -0.2) is 5.43 Å². The van der Waals surface area contributed by atoms with Crippen LogP contribution in [0.2, 0.25) is 10.0 Å². The molecule has 0 atom stereocenters. The van der Waals surface area contributed by atoms with Crippen LogP contribution in [-0.4, -0.2) is 23.7 Å². The summed E-state index contributed by atoms with van der Waals surface area (Å²) in [5.41, 5.74) is 4.77. The summed E-state index contributed by atoms with van der Waals surface area (Å²) in [5, 5.41) is 5.98. The van der Waals surface area contributed by atoms with Gasteiger partial charge in [0.2, 0.25) is 0 Å². The van der Waals surface area contributed by atoms with Crippen LogP contribution < -0.4 is 14.9 Å². The fourth-order valence-corrected chi connectivity index (χ4v) is 4.19. The third-order valence-corrected chi connectivity index (χ3v) is 5.80. The average Bonchev–Trinajstić information content (AvgIpc) is 2.83. The molecule has 0 unspecified atom stereocenters. The monoisotopic (exact) mass is 557 g/mol. The number of amides is 1. The number of carbonyl (C=O) groups is 1. The van der Waals surface area contributed by atoms with E-state index in [9.17, 15) is 4.79 Å². The molecule has 0 aliphatic heterocycles. The van der Waals surface area contributed by atoms with Crippen molar-refractivity contribution in [2.24, 2.45) is 5.10 Å². The number of nitrogens with one attached hydrogen (secondary N) is 1. The van der Waals surface area contributed by atoms with E-state index in [1.54, 1.807) is 36.5 Å². The number of para-hydroxylation sites is 1. The van der Waals surface area contributed by atoms with E-state index in [1.165, 1.54) is 6.21 Å². The van der Waals surface area contributed by atoms with E-state index in [0.29, 0.717) is 43.7 Å². The molecule has 0 radical (unpaired) electrons. The molecule has 4 aromatic rings. The molecule has 3 aromatic carbocycles. The Balaban J connectivity index is 1.32. The van der Waals surface area contributed by atoms with Crippen molar-refractivity contribution in [2.45, 2.75) is 6.61 Å². The lowest BCUT2D eigenvalue weighted by Crippen LogP contribution is -2.24. The van der Waals surface area contributed by atoms with Gasteiger partial charge in [-0.3, -0.25) is 9.78 Å². The van der Waals surface area contributed by atoms with E-state index >= 15 is 0 Å². The van der Waals surface area contributed by atoms with Crippen molar-refractivity contribution in [3.8, 4) is 11.5 Å². The maximum absolute atomic E-state index is 12.1. The fraction of sp³-hybridized carbons (Fsp3) is 0.0800. The van der Waals surface area contributed by atoms with Gasteiger partial charge in [-0.2, -0.15) is 5.10 Å². The molecule has 34 heavy (non-hydrogen) atoms. The zero-order chi connectivity index (χ0) is 23.9. The molecule has 1 N–H and O–H groups in total. The van der Waals surface area contributed by atoms with Crippen LogP contribution in [0.3, 0.4) is 0 Å². The molecule has 0 saturated carbocycles. The Morgan fingerprint density at radius 1 is 1.06 bits per heavy atom. The second-order valence-corrected chi connectivity index (χ2v) is 8.84. The molecule has 4 rings (SSSR count). The standard InChI is InChI=1S/C25H18BrCl2N3O3/c26-20-11-17(12-21(28)25(20)34-14-16-6-8-19(27)9-7-16)13-30-31-23(32)15-33-22-5-1-3-18-4-2-10-29-24(18)22/h1-13H,14-15H2,(H,31,32)/b30-13+. The zero-order valence-corrected chi connectivity index (χ0v) is 20.8. The molecule has 0 aliphatic rings. The molecule has 1 heterocycles. The molecule has 0 bridgehead atoms. The number of halogens is 3. The normalized spacial score (nSPS) is 11.0. The van der Waals surface area contributed by atoms with Crippen molar-refractivity contribution in [1.82, 2.24) is 10.4 Å². The van der Waals surface area contributed by atoms with Crippen molar-refractivity contribution < 1.29 is 14.3 Å². The van der Waals surface area contributed by atoms with Gasteiger partial charge < -0.3 is 9.47 Å². The first kappa shape index (κ1) is 24.0. The third-order valence-electron chi connectivity index (χ3n) is 4.67. The average molecular weight is 559 g/mol. The summed E-state index contributed by atoms with van der Waals surface area (Å²) in [6, 6.07) is 20.2. The Bertz CT molecular complexity index is 1320. The lowest BCUT2D eigenvalue weighted by Gasteiger charge is -2.11. The number of pyridine rings is 1. The van der Waals surface area contributed by atoms with Gasteiger partial charge in [0.15, 0.2) is 12.4 Å². The zero-order valence-electron chi connectivity index (χ0n) is 17.7. The largest absolute Gasteiger partial charge is 0.486 e. The van der Waals surface area contributed by atoms with E-state index in [-0.39, 0.29) is 6.61 Å². The second kappa shape index (κ2) is 11.3. The van der Waals surface area contributed by atoms with Crippen molar-refractivity contribution in [1.29, 1.82) is 0 Å². The van der Waals surface area contributed by atoms with Gasteiger partial charge in [-0.1, -0.05) is 53.5 Å². The Morgan fingerprint density at radius 3 is 2.65 bits per heavy atom. The number of ether oxygens (including phenoxy) is 2. The van der Waals surface area contributed by atoms with Crippen molar-refractivity contribution in [3.63, 3.8) is 0 Å². The van der Waals surface area contributed by atoms with Gasteiger partial charge in [0.25, 0.3) is 5.91 Å². The van der Waals surface area contributed by atoms with Crippen molar-refractivity contribution in [3.05, 3.63) is 98.6 Å². The van der Waals surface area contributed by atoms with Crippen LogP contribution in [-0.2, 0) is 11.4 Å². The number of benzene rings is 3. The topological polar surface area (TPSA) is 72.8 Å². The van der Waals surface area contributed by atoms with Crippen LogP contribution in [0.5, 0.6) is 11.5 Å². The predicted molar refractivity (Wildman–Crippen MR) is 138 cm³/mol. The minimum absolute atomic E-state index is 0.199. The van der Waals surface area contributed by atoms with Gasteiger partial charge in [0, 0.05) is 16.6 Å². The minimum atomic E-state index is -0.405. The predicted octanol–water partition coefficient (Wildman–Crippen LogP) is 6.41. The van der Waals surface area contributed by atoms with Gasteiger partial charge in [-0.15, -0.1) is 0 Å². The number of fused-ring (bicyclic) bond motifs is 1. The van der Waals surface area contributed by atoms with Crippen LogP contribution >= 0.6 is 39.1 Å². The Morgan fingerprint density at radius 2 is 1.85 bits per heavy atom. The second-order valence-electron chi connectivity index (χ2n) is 7.14. The molecule has 9 heteroatoms. The molecule has 0 spiro atoms. The highest BCUT2D eigenvalue weighted by atomic mass is 79.9. The summed E-state index contributed by atoms with van der Waals surface area (Å²) < 4.78 is 12.1. The summed E-state index contributed by atoms with van der Waals surface area (Å²) in [4.78, 5) is 16.4. The van der Waals surface area contributed by atoms with Gasteiger partial charge >= 0.3 is 0 Å². The highest BCUT2D eigenvalue weighted by molar-refractivity contribution is 9.10. The molecule has 172 valence electrons. The van der Waals surface area contributed by atoms with Crippen molar-refractivity contribution >= 4 is 62.2 Å². The first-order chi connectivity index (χ1) is 16.5. The lowest BCUT2D eigenvalue weighted by molar-refractivity contribution is -0.123. The number of nitrogens with zero attached hydrogens (tertiary/aromatic N) is 2. The first-order valence-corrected chi connectivity index (χ1v) is 11.7. The Hall–Kier alpha value is -3.13. The maximum Gasteiger partial charge on any atom is 0.277 e. The summed E-state index contributed by atoms with van der Waals surface area (Å²) in [7, 11) is 0. The van der Waals surface area contributed by atoms with Crippen LogP contribution in [0, 0.1) is 0 Å². The van der Waals surface area contributed by atoms with Gasteiger partial charge in [-0.05, 0) is 63.5 Å². The van der Waals surface area contributed by atoms with E-state index in [1.807, 2.05) is 36.4 Å². The Labute approximate surface area is 214 Å². The van der Waals surface area contributed by atoms with E-state index < -0.39 is 5.91 Å². The maximum atomic E-state index is 12.1. The van der Waals surface area contributed by atoms with Gasteiger partial charge in [0.05, 0.1) is 15.7 Å². The SMILES string of the molecule is O=C(COc1cccc2cccnc12)N/N=C/c1cc(Cl)c(OCc2ccc(Cl)cc2)c(Br)c1. The van der Waals surface area contributed by atoms with Crippen LogP contribution in [0.4, 0.5) is 0 Å². The number of carbonyl (C=O) groups excluding carboxylic acids is 1. The quantitative estimate of drug-likeness (QED) is 0.200. The van der Waals surface area contributed by atoms with E-state index in [2.05, 4.69) is 31.4 Å². The number of hydrogen-bond acceptors (Lipinski definition) is 5. The fourth-order valence-electron chi connectivity index (χ4n) is 3.08. The van der Waals surface area contributed by atoms with Crippen LogP contribution in [0.1, 0.15) is 11.1 Å². The van der Waals surface area contributed by atoms with Crippen molar-refractivity contribution in [2.75, 3.05) is 6.61 Å². The Kier molecular flexibility index (Phi) is 8.00. The first-order valence-electron chi connectivity index (χ1n) is 10.1. The smallest absolute Gasteiger partial charge is 0.277 e. The lowest BCUT2D eigenvalue weighted by atomic mass is 10.2. The summed E-state index contributed by atoms with van der Waals surface area (Å²) in [5.74, 6) is 0.634. The van der Waals surface area contributed by atoms with Crippen LogP contribution in [0.25, 0.3) is 10.9 Å². The molecule has 0 saturated heterocycles. The minimum Gasteiger partial charge on any atom is -0.486 e. The summed E-state index contributed by atoms with van der Waals surface area (Å²) in [6.07, 6.45) is 3.16. The third kappa shape index (κ3) is 6.26. The number of rotatable bonds is 8. The molecular formula is C25H18BrCl2N3O3. The highest BCUT2D eigenvalue weighted by Crippen LogP contribution is 2.34. The number of aromatic nitrogens is 1. The molecule has 6 nitrogen and oxygen atoms in total. The van der Waals surface area contributed by atoms with E-state index in [0.717, 1.165) is 10.9 Å². The highest BCUT2D eigenvalue weighted by Gasteiger charge is 2.10. The molecular weight excluding hydrogens is 541 g/mol. The molecule has 0 aliphatic carbocycles. The molecule has 1 aromatic heterocycles. The summed E-state index contributed by atoms with van der Waals surface area (Å²) >= 11 is 15.8.